The molecule has 0 aliphatic carbocycles. The molecule has 6 nitrogen and oxygen atoms in total. The van der Waals surface area contributed by atoms with Crippen LogP contribution in [0.3, 0.4) is 0 Å². The highest BCUT2D eigenvalue weighted by Crippen LogP contribution is 2.20. The van der Waals surface area contributed by atoms with E-state index in [1.807, 2.05) is 24.3 Å². The molecule has 26 heavy (non-hydrogen) atoms. The van der Waals surface area contributed by atoms with Crippen LogP contribution in [0.2, 0.25) is 0 Å². The van der Waals surface area contributed by atoms with Crippen LogP contribution in [0.15, 0.2) is 41.2 Å². The van der Waals surface area contributed by atoms with Gasteiger partial charge in [-0.1, -0.05) is 12.1 Å². The second kappa shape index (κ2) is 7.47. The van der Waals surface area contributed by atoms with Gasteiger partial charge in [0.1, 0.15) is 0 Å². The van der Waals surface area contributed by atoms with Gasteiger partial charge in [-0.15, -0.1) is 0 Å². The standard InChI is InChI=1S/C20H22N2O4/c1-13-10-17(23)19(25)18(24)11-16(13)20(26)21-12-14-4-6-15(7-5-14)22-8-2-3-9-22/h4-7,10-11H,2-3,8-9,12H2,1H3,(H,21,26)(H2,23,24,25). The Morgan fingerprint density at radius 2 is 1.69 bits per heavy atom. The van der Waals surface area contributed by atoms with Crippen LogP contribution < -0.4 is 15.6 Å². The first-order valence-corrected chi connectivity index (χ1v) is 8.64. The summed E-state index contributed by atoms with van der Waals surface area (Å²) in [4.78, 5) is 26.3. The topological polar surface area (TPSA) is 89.9 Å². The largest absolute Gasteiger partial charge is 0.504 e. The second-order valence-corrected chi connectivity index (χ2v) is 6.53. The fourth-order valence-electron chi connectivity index (χ4n) is 3.12. The monoisotopic (exact) mass is 354 g/mol. The molecule has 1 saturated heterocycles. The van der Waals surface area contributed by atoms with E-state index in [9.17, 15) is 19.8 Å². The first-order valence-electron chi connectivity index (χ1n) is 8.64. The van der Waals surface area contributed by atoms with E-state index >= 15 is 0 Å². The van der Waals surface area contributed by atoms with E-state index in [0.29, 0.717) is 12.1 Å². The van der Waals surface area contributed by atoms with Crippen molar-refractivity contribution in [3.8, 4) is 11.5 Å². The molecule has 0 unspecified atom stereocenters. The summed E-state index contributed by atoms with van der Waals surface area (Å²) in [5.74, 6) is -1.66. The minimum absolute atomic E-state index is 0.147. The molecule has 0 bridgehead atoms. The number of benzene rings is 1. The van der Waals surface area contributed by atoms with Gasteiger partial charge in [-0.3, -0.25) is 9.59 Å². The van der Waals surface area contributed by atoms with Crippen LogP contribution in [0.1, 0.15) is 34.3 Å². The van der Waals surface area contributed by atoms with E-state index in [1.165, 1.54) is 24.6 Å². The maximum absolute atomic E-state index is 12.4. The number of nitrogens with one attached hydrogen (secondary N) is 1. The molecular weight excluding hydrogens is 332 g/mol. The summed E-state index contributed by atoms with van der Waals surface area (Å²) in [6.07, 6.45) is 2.44. The Kier molecular flexibility index (Phi) is 5.11. The molecule has 1 amide bonds. The number of anilines is 1. The molecular formula is C20H22N2O4. The lowest BCUT2D eigenvalue weighted by atomic mass is 10.1. The quantitative estimate of drug-likeness (QED) is 0.784. The minimum atomic E-state index is -0.898. The Bertz CT molecular complexity index is 872. The lowest BCUT2D eigenvalue weighted by molar-refractivity contribution is 0.0950. The SMILES string of the molecule is Cc1cc(O)c(=O)c(O)cc1C(=O)NCc1ccc(N2CCCC2)cc1. The van der Waals surface area contributed by atoms with Crippen LogP contribution in [0, 0.1) is 6.92 Å². The number of hydrogen-bond donors (Lipinski definition) is 3. The average Bonchev–Trinajstić information content (AvgIpc) is 3.15. The van der Waals surface area contributed by atoms with Crippen LogP contribution in [0.5, 0.6) is 11.5 Å². The van der Waals surface area contributed by atoms with Crippen molar-refractivity contribution in [2.24, 2.45) is 0 Å². The zero-order valence-corrected chi connectivity index (χ0v) is 14.7. The summed E-state index contributed by atoms with van der Waals surface area (Å²) >= 11 is 0. The Morgan fingerprint density at radius 1 is 1.08 bits per heavy atom. The molecule has 2 aromatic carbocycles. The van der Waals surface area contributed by atoms with Gasteiger partial charge in [0.25, 0.3) is 11.3 Å². The molecule has 3 rings (SSSR count). The highest BCUT2D eigenvalue weighted by Gasteiger charge is 2.14. The van der Waals surface area contributed by atoms with E-state index in [4.69, 9.17) is 0 Å². The molecule has 1 fully saturated rings. The highest BCUT2D eigenvalue weighted by molar-refractivity contribution is 5.95. The Morgan fingerprint density at radius 3 is 2.35 bits per heavy atom. The Labute approximate surface area is 151 Å². The van der Waals surface area contributed by atoms with Crippen molar-refractivity contribution in [3.05, 3.63) is 63.3 Å². The van der Waals surface area contributed by atoms with Gasteiger partial charge in [-0.2, -0.15) is 0 Å². The smallest absolute Gasteiger partial charge is 0.261 e. The molecule has 2 aromatic rings. The van der Waals surface area contributed by atoms with E-state index in [-0.39, 0.29) is 5.56 Å². The van der Waals surface area contributed by atoms with Crippen LogP contribution in [-0.2, 0) is 6.54 Å². The summed E-state index contributed by atoms with van der Waals surface area (Å²) in [5, 5.41) is 22.0. The number of carbonyl (C=O) groups is 1. The summed E-state index contributed by atoms with van der Waals surface area (Å²) in [6.45, 7) is 4.09. The molecule has 1 aliphatic heterocycles. The van der Waals surface area contributed by atoms with Gasteiger partial charge >= 0.3 is 0 Å². The molecule has 0 aromatic heterocycles. The minimum Gasteiger partial charge on any atom is -0.504 e. The zero-order valence-electron chi connectivity index (χ0n) is 14.7. The summed E-state index contributed by atoms with van der Waals surface area (Å²) in [6, 6.07) is 10.3. The number of carbonyl (C=O) groups excluding carboxylic acids is 1. The number of nitrogens with zero attached hydrogens (tertiary/aromatic N) is 1. The van der Waals surface area contributed by atoms with Gasteiger partial charge in [0.2, 0.25) is 0 Å². The Hall–Kier alpha value is -3.02. The van der Waals surface area contributed by atoms with E-state index in [1.54, 1.807) is 6.92 Å². The molecule has 0 spiro atoms. The number of rotatable bonds is 4. The van der Waals surface area contributed by atoms with Crippen molar-refractivity contribution < 1.29 is 15.0 Å². The molecule has 1 aliphatic rings. The average molecular weight is 354 g/mol. The third-order valence-electron chi connectivity index (χ3n) is 4.63. The molecule has 136 valence electrons. The maximum Gasteiger partial charge on any atom is 0.261 e. The fourth-order valence-corrected chi connectivity index (χ4v) is 3.12. The van der Waals surface area contributed by atoms with E-state index in [0.717, 1.165) is 24.7 Å². The summed E-state index contributed by atoms with van der Waals surface area (Å²) in [7, 11) is 0. The molecule has 3 N–H and O–H groups in total. The summed E-state index contributed by atoms with van der Waals surface area (Å²) < 4.78 is 0. The number of aryl methyl sites for hydroxylation is 1. The first-order chi connectivity index (χ1) is 12.5. The number of hydrogen-bond acceptors (Lipinski definition) is 5. The third kappa shape index (κ3) is 3.79. The van der Waals surface area contributed by atoms with Gasteiger partial charge < -0.3 is 20.4 Å². The molecule has 6 heteroatoms. The predicted octanol–water partition coefficient (Wildman–Crippen LogP) is 2.30. The summed E-state index contributed by atoms with van der Waals surface area (Å²) in [5.41, 5.74) is 1.79. The fraction of sp³-hybridized carbons (Fsp3) is 0.300. The van der Waals surface area contributed by atoms with Gasteiger partial charge in [-0.05, 0) is 55.2 Å². The third-order valence-corrected chi connectivity index (χ3v) is 4.63. The van der Waals surface area contributed by atoms with E-state index in [2.05, 4.69) is 10.2 Å². The van der Waals surface area contributed by atoms with Crippen molar-refractivity contribution in [1.82, 2.24) is 5.32 Å². The molecule has 0 radical (unpaired) electrons. The zero-order chi connectivity index (χ0) is 18.7. The van der Waals surface area contributed by atoms with Crippen molar-refractivity contribution in [2.75, 3.05) is 18.0 Å². The maximum atomic E-state index is 12.4. The molecule has 1 heterocycles. The number of aromatic hydroxyl groups is 2. The van der Waals surface area contributed by atoms with Crippen molar-refractivity contribution in [1.29, 1.82) is 0 Å². The highest BCUT2D eigenvalue weighted by atomic mass is 16.3. The lowest BCUT2D eigenvalue weighted by Gasteiger charge is -2.17. The van der Waals surface area contributed by atoms with E-state index < -0.39 is 22.8 Å². The predicted molar refractivity (Wildman–Crippen MR) is 99.8 cm³/mol. The molecule has 0 atom stereocenters. The second-order valence-electron chi connectivity index (χ2n) is 6.53. The van der Waals surface area contributed by atoms with Crippen LogP contribution >= 0.6 is 0 Å². The van der Waals surface area contributed by atoms with Crippen molar-refractivity contribution >= 4 is 11.6 Å². The van der Waals surface area contributed by atoms with Crippen molar-refractivity contribution in [3.63, 3.8) is 0 Å². The number of amides is 1. The first kappa shape index (κ1) is 17.8. The van der Waals surface area contributed by atoms with Crippen LogP contribution in [0.4, 0.5) is 5.69 Å². The lowest BCUT2D eigenvalue weighted by Crippen LogP contribution is -2.23. The van der Waals surface area contributed by atoms with Gasteiger partial charge in [-0.25, -0.2) is 0 Å². The van der Waals surface area contributed by atoms with Crippen molar-refractivity contribution in [2.45, 2.75) is 26.3 Å². The van der Waals surface area contributed by atoms with Gasteiger partial charge in [0, 0.05) is 30.9 Å². The van der Waals surface area contributed by atoms with Gasteiger partial charge in [0.15, 0.2) is 11.5 Å². The van der Waals surface area contributed by atoms with Crippen LogP contribution in [0.25, 0.3) is 0 Å². The van der Waals surface area contributed by atoms with Crippen LogP contribution in [-0.4, -0.2) is 29.2 Å². The molecule has 0 saturated carbocycles. The van der Waals surface area contributed by atoms with Gasteiger partial charge in [0.05, 0.1) is 0 Å². The normalized spacial score (nSPS) is 13.7. The Balaban J connectivity index is 1.70.